The van der Waals surface area contributed by atoms with Crippen LogP contribution < -0.4 is 14.5 Å². The van der Waals surface area contributed by atoms with Crippen molar-refractivity contribution in [2.75, 3.05) is 41.1 Å². The number of nitrogens with zero attached hydrogens (tertiary/aromatic N) is 2. The van der Waals surface area contributed by atoms with Crippen LogP contribution >= 0.6 is 0 Å². The SMILES string of the molecule is O=C(NCCCN1CCc2ccccc21)c1ccc(N2CCCCS2(=O)=O)cc1. The Morgan fingerprint density at radius 2 is 1.79 bits per heavy atom. The van der Waals surface area contributed by atoms with Crippen molar-refractivity contribution in [2.45, 2.75) is 25.7 Å². The van der Waals surface area contributed by atoms with Crippen LogP contribution in [-0.2, 0) is 16.4 Å². The highest BCUT2D eigenvalue weighted by Gasteiger charge is 2.26. The first-order chi connectivity index (χ1) is 14.0. The van der Waals surface area contributed by atoms with E-state index in [4.69, 9.17) is 0 Å². The van der Waals surface area contributed by atoms with Gasteiger partial charge in [0.1, 0.15) is 0 Å². The first-order valence-corrected chi connectivity index (χ1v) is 11.9. The minimum atomic E-state index is -3.23. The van der Waals surface area contributed by atoms with E-state index >= 15 is 0 Å². The highest BCUT2D eigenvalue weighted by Crippen LogP contribution is 2.27. The monoisotopic (exact) mass is 413 g/mol. The summed E-state index contributed by atoms with van der Waals surface area (Å²) >= 11 is 0. The summed E-state index contributed by atoms with van der Waals surface area (Å²) in [6.45, 7) is 3.07. The Morgan fingerprint density at radius 3 is 2.59 bits per heavy atom. The van der Waals surface area contributed by atoms with Crippen LogP contribution in [0.2, 0.25) is 0 Å². The van der Waals surface area contributed by atoms with Gasteiger partial charge in [0.15, 0.2) is 0 Å². The maximum Gasteiger partial charge on any atom is 0.251 e. The summed E-state index contributed by atoms with van der Waals surface area (Å²) in [5, 5.41) is 2.96. The number of carbonyl (C=O) groups excluding carboxylic acids is 1. The molecule has 2 aromatic carbocycles. The van der Waals surface area contributed by atoms with Crippen molar-refractivity contribution >= 4 is 27.3 Å². The van der Waals surface area contributed by atoms with Gasteiger partial charge in [-0.1, -0.05) is 18.2 Å². The highest BCUT2D eigenvalue weighted by molar-refractivity contribution is 7.92. The minimum Gasteiger partial charge on any atom is -0.371 e. The number of carbonyl (C=O) groups is 1. The molecule has 0 aromatic heterocycles. The molecule has 0 bridgehead atoms. The number of anilines is 2. The molecule has 2 aliphatic heterocycles. The van der Waals surface area contributed by atoms with Gasteiger partial charge in [0.25, 0.3) is 5.91 Å². The van der Waals surface area contributed by atoms with Crippen LogP contribution in [0.3, 0.4) is 0 Å². The number of hydrogen-bond acceptors (Lipinski definition) is 4. The van der Waals surface area contributed by atoms with Crippen molar-refractivity contribution in [1.82, 2.24) is 5.32 Å². The predicted octanol–water partition coefficient (Wildman–Crippen LogP) is 2.80. The van der Waals surface area contributed by atoms with Crippen molar-refractivity contribution in [3.8, 4) is 0 Å². The van der Waals surface area contributed by atoms with Crippen LogP contribution in [0.4, 0.5) is 11.4 Å². The van der Waals surface area contributed by atoms with Crippen LogP contribution in [0.5, 0.6) is 0 Å². The van der Waals surface area contributed by atoms with Gasteiger partial charge < -0.3 is 10.2 Å². The maximum absolute atomic E-state index is 12.4. The van der Waals surface area contributed by atoms with Gasteiger partial charge in [-0.3, -0.25) is 9.10 Å². The largest absolute Gasteiger partial charge is 0.371 e. The Morgan fingerprint density at radius 1 is 1.00 bits per heavy atom. The molecule has 2 aliphatic rings. The number of sulfonamides is 1. The fourth-order valence-electron chi connectivity index (χ4n) is 4.07. The summed E-state index contributed by atoms with van der Waals surface area (Å²) in [5.41, 5.74) is 3.89. The third-order valence-electron chi connectivity index (χ3n) is 5.64. The first-order valence-electron chi connectivity index (χ1n) is 10.3. The molecule has 1 amide bonds. The molecule has 0 atom stereocenters. The van der Waals surface area contributed by atoms with Crippen molar-refractivity contribution in [3.63, 3.8) is 0 Å². The fraction of sp³-hybridized carbons (Fsp3) is 0.409. The predicted molar refractivity (Wildman–Crippen MR) is 116 cm³/mol. The number of benzene rings is 2. The van der Waals surface area contributed by atoms with Crippen molar-refractivity contribution in [1.29, 1.82) is 0 Å². The zero-order valence-corrected chi connectivity index (χ0v) is 17.3. The Kier molecular flexibility index (Phi) is 5.76. The molecule has 0 radical (unpaired) electrons. The molecule has 1 saturated heterocycles. The normalized spacial score (nSPS) is 17.8. The second-order valence-corrected chi connectivity index (χ2v) is 9.63. The van der Waals surface area contributed by atoms with Gasteiger partial charge in [-0.15, -0.1) is 0 Å². The van der Waals surface area contributed by atoms with E-state index in [-0.39, 0.29) is 11.7 Å². The van der Waals surface area contributed by atoms with E-state index < -0.39 is 10.0 Å². The first kappa shape index (κ1) is 19.8. The number of fused-ring (bicyclic) bond motifs is 1. The van der Waals surface area contributed by atoms with Crippen LogP contribution in [0.25, 0.3) is 0 Å². The summed E-state index contributed by atoms with van der Waals surface area (Å²) in [5.74, 6) is 0.0661. The second-order valence-electron chi connectivity index (χ2n) is 7.62. The standard InChI is InChI=1S/C22H27N3O3S/c26-22(23-13-5-14-24-16-12-18-6-1-2-7-21(18)24)19-8-10-20(11-9-19)25-15-3-4-17-29(25,27)28/h1-2,6-11H,3-5,12-17H2,(H,23,26). The number of para-hydroxylation sites is 1. The fourth-order valence-corrected chi connectivity index (χ4v) is 5.71. The van der Waals surface area contributed by atoms with Crippen molar-refractivity contribution in [2.24, 2.45) is 0 Å². The lowest BCUT2D eigenvalue weighted by Crippen LogP contribution is -2.37. The van der Waals surface area contributed by atoms with Gasteiger partial charge in [-0.25, -0.2) is 8.42 Å². The second kappa shape index (κ2) is 8.45. The third-order valence-corrected chi connectivity index (χ3v) is 7.51. The van der Waals surface area contributed by atoms with Crippen molar-refractivity contribution < 1.29 is 13.2 Å². The molecule has 6 nitrogen and oxygen atoms in total. The molecule has 7 heteroatoms. The van der Waals surface area contributed by atoms with E-state index in [1.165, 1.54) is 15.6 Å². The van der Waals surface area contributed by atoms with Crippen LogP contribution in [-0.4, -0.2) is 46.3 Å². The molecular formula is C22H27N3O3S. The average molecular weight is 414 g/mol. The molecule has 1 fully saturated rings. The van der Waals surface area contributed by atoms with Gasteiger partial charge in [0, 0.05) is 37.4 Å². The third kappa shape index (κ3) is 4.40. The van der Waals surface area contributed by atoms with Crippen LogP contribution in [0.15, 0.2) is 48.5 Å². The molecular weight excluding hydrogens is 386 g/mol. The Balaban J connectivity index is 1.27. The van der Waals surface area contributed by atoms with Gasteiger partial charge in [-0.05, 0) is 61.6 Å². The Hall–Kier alpha value is -2.54. The van der Waals surface area contributed by atoms with Crippen LogP contribution in [0.1, 0.15) is 35.2 Å². The molecule has 2 heterocycles. The topological polar surface area (TPSA) is 69.7 Å². The molecule has 2 aromatic rings. The molecule has 0 aliphatic carbocycles. The highest BCUT2D eigenvalue weighted by atomic mass is 32.2. The van der Waals surface area contributed by atoms with Crippen LogP contribution in [0, 0.1) is 0 Å². The van der Waals surface area contributed by atoms with E-state index in [1.54, 1.807) is 24.3 Å². The molecule has 4 rings (SSSR count). The van der Waals surface area contributed by atoms with E-state index in [0.717, 1.165) is 32.4 Å². The number of rotatable bonds is 6. The Bertz CT molecular complexity index is 973. The number of nitrogens with one attached hydrogen (secondary N) is 1. The lowest BCUT2D eigenvalue weighted by Gasteiger charge is -2.28. The summed E-state index contributed by atoms with van der Waals surface area (Å²) < 4.78 is 25.9. The van der Waals surface area contributed by atoms with E-state index in [1.807, 2.05) is 0 Å². The molecule has 0 spiro atoms. The molecule has 0 unspecified atom stereocenters. The number of hydrogen-bond donors (Lipinski definition) is 1. The summed E-state index contributed by atoms with van der Waals surface area (Å²) in [7, 11) is -3.23. The van der Waals surface area contributed by atoms with E-state index in [0.29, 0.717) is 30.8 Å². The van der Waals surface area contributed by atoms with Gasteiger partial charge in [0.2, 0.25) is 10.0 Å². The lowest BCUT2D eigenvalue weighted by molar-refractivity contribution is 0.0953. The average Bonchev–Trinajstić information content (AvgIpc) is 3.14. The van der Waals surface area contributed by atoms with Gasteiger partial charge >= 0.3 is 0 Å². The summed E-state index contributed by atoms with van der Waals surface area (Å²) in [6.07, 6.45) is 3.54. The summed E-state index contributed by atoms with van der Waals surface area (Å²) in [4.78, 5) is 14.8. The summed E-state index contributed by atoms with van der Waals surface area (Å²) in [6, 6.07) is 15.3. The van der Waals surface area contributed by atoms with E-state index in [2.05, 4.69) is 34.5 Å². The minimum absolute atomic E-state index is 0.125. The molecule has 154 valence electrons. The molecule has 1 N–H and O–H groups in total. The number of amides is 1. The quantitative estimate of drug-likeness (QED) is 0.740. The zero-order chi connectivity index (χ0) is 20.3. The van der Waals surface area contributed by atoms with Gasteiger partial charge in [-0.2, -0.15) is 0 Å². The molecule has 0 saturated carbocycles. The Labute approximate surface area is 172 Å². The zero-order valence-electron chi connectivity index (χ0n) is 16.5. The maximum atomic E-state index is 12.4. The smallest absolute Gasteiger partial charge is 0.251 e. The van der Waals surface area contributed by atoms with Crippen molar-refractivity contribution in [3.05, 3.63) is 59.7 Å². The molecule has 29 heavy (non-hydrogen) atoms. The van der Waals surface area contributed by atoms with Gasteiger partial charge in [0.05, 0.1) is 11.4 Å². The van der Waals surface area contributed by atoms with E-state index in [9.17, 15) is 13.2 Å². The lowest BCUT2D eigenvalue weighted by atomic mass is 10.2.